The molecule has 1 aliphatic rings. The van der Waals surface area contributed by atoms with Gasteiger partial charge in [-0.05, 0) is 25.3 Å². The van der Waals surface area contributed by atoms with Crippen molar-refractivity contribution in [3.8, 4) is 0 Å². The molecule has 0 amide bonds. The predicted octanol–water partition coefficient (Wildman–Crippen LogP) is 2.76. The van der Waals surface area contributed by atoms with E-state index in [1.54, 1.807) is 0 Å². The Morgan fingerprint density at radius 2 is 2.29 bits per heavy atom. The average molecular weight is 190 g/mol. The highest BCUT2D eigenvalue weighted by molar-refractivity contribution is 5.70. The molecule has 0 saturated carbocycles. The van der Waals surface area contributed by atoms with E-state index in [1.807, 2.05) is 25.1 Å². The van der Waals surface area contributed by atoms with Crippen LogP contribution < -0.4 is 0 Å². The molecule has 2 heteroatoms. The highest BCUT2D eigenvalue weighted by Gasteiger charge is 2.21. The SMILES string of the molecule is Cc1cccc([C@@H]2CCCC(=O)O2)c1. The quantitative estimate of drug-likeness (QED) is 0.636. The Kier molecular flexibility index (Phi) is 2.53. The molecule has 0 N–H and O–H groups in total. The van der Waals surface area contributed by atoms with Gasteiger partial charge in [-0.3, -0.25) is 4.79 Å². The number of benzene rings is 1. The van der Waals surface area contributed by atoms with Gasteiger partial charge in [0.1, 0.15) is 6.10 Å². The lowest BCUT2D eigenvalue weighted by Crippen LogP contribution is -2.16. The summed E-state index contributed by atoms with van der Waals surface area (Å²) in [6, 6.07) is 8.17. The summed E-state index contributed by atoms with van der Waals surface area (Å²) in [6.45, 7) is 2.05. The lowest BCUT2D eigenvalue weighted by Gasteiger charge is -2.22. The van der Waals surface area contributed by atoms with Crippen molar-refractivity contribution in [2.75, 3.05) is 0 Å². The van der Waals surface area contributed by atoms with Crippen LogP contribution in [-0.4, -0.2) is 5.97 Å². The molecule has 1 aromatic rings. The Balaban J connectivity index is 2.17. The van der Waals surface area contributed by atoms with Crippen LogP contribution in [0.3, 0.4) is 0 Å². The van der Waals surface area contributed by atoms with Crippen molar-refractivity contribution in [2.24, 2.45) is 0 Å². The number of esters is 1. The van der Waals surface area contributed by atoms with Crippen LogP contribution in [-0.2, 0) is 9.53 Å². The minimum absolute atomic E-state index is 0.0175. The van der Waals surface area contributed by atoms with Gasteiger partial charge in [0.15, 0.2) is 0 Å². The second-order valence-corrected chi connectivity index (χ2v) is 3.78. The third kappa shape index (κ3) is 1.95. The van der Waals surface area contributed by atoms with Gasteiger partial charge >= 0.3 is 5.97 Å². The highest BCUT2D eigenvalue weighted by Crippen LogP contribution is 2.28. The monoisotopic (exact) mass is 190 g/mol. The van der Waals surface area contributed by atoms with Gasteiger partial charge in [-0.15, -0.1) is 0 Å². The van der Waals surface area contributed by atoms with Crippen molar-refractivity contribution in [3.05, 3.63) is 35.4 Å². The van der Waals surface area contributed by atoms with Crippen molar-refractivity contribution in [1.82, 2.24) is 0 Å². The van der Waals surface area contributed by atoms with Gasteiger partial charge < -0.3 is 4.74 Å². The average Bonchev–Trinajstić information content (AvgIpc) is 2.18. The van der Waals surface area contributed by atoms with Crippen molar-refractivity contribution >= 4 is 5.97 Å². The van der Waals surface area contributed by atoms with Gasteiger partial charge in [-0.25, -0.2) is 0 Å². The van der Waals surface area contributed by atoms with E-state index in [1.165, 1.54) is 5.56 Å². The van der Waals surface area contributed by atoms with E-state index >= 15 is 0 Å². The Morgan fingerprint density at radius 1 is 1.43 bits per heavy atom. The van der Waals surface area contributed by atoms with Gasteiger partial charge in [0, 0.05) is 6.42 Å². The molecule has 0 spiro atoms. The number of hydrogen-bond acceptors (Lipinski definition) is 2. The first-order chi connectivity index (χ1) is 6.75. The third-order valence-corrected chi connectivity index (χ3v) is 2.53. The molecule has 1 atom stereocenters. The minimum atomic E-state index is -0.0669. The fourth-order valence-electron chi connectivity index (χ4n) is 1.81. The summed E-state index contributed by atoms with van der Waals surface area (Å²) >= 11 is 0. The fourth-order valence-corrected chi connectivity index (χ4v) is 1.81. The molecule has 2 rings (SSSR count). The molecular formula is C12H14O2. The summed E-state index contributed by atoms with van der Waals surface area (Å²) in [7, 11) is 0. The number of carbonyl (C=O) groups excluding carboxylic acids is 1. The number of hydrogen-bond donors (Lipinski definition) is 0. The standard InChI is InChI=1S/C12H14O2/c1-9-4-2-5-10(8-9)11-6-3-7-12(13)14-11/h2,4-5,8,11H,3,6-7H2,1H3/t11-/m0/s1. The van der Waals surface area contributed by atoms with E-state index in [-0.39, 0.29) is 12.1 Å². The van der Waals surface area contributed by atoms with Crippen LogP contribution in [0.4, 0.5) is 0 Å². The fraction of sp³-hybridized carbons (Fsp3) is 0.417. The maximum absolute atomic E-state index is 11.1. The summed E-state index contributed by atoms with van der Waals surface area (Å²) < 4.78 is 5.29. The summed E-state index contributed by atoms with van der Waals surface area (Å²) in [5.74, 6) is -0.0669. The van der Waals surface area contributed by atoms with Gasteiger partial charge in [-0.1, -0.05) is 29.8 Å². The molecule has 2 nitrogen and oxygen atoms in total. The zero-order chi connectivity index (χ0) is 9.97. The van der Waals surface area contributed by atoms with Crippen LogP contribution in [0.25, 0.3) is 0 Å². The maximum atomic E-state index is 11.1. The Labute approximate surface area is 83.9 Å². The van der Waals surface area contributed by atoms with E-state index in [0.29, 0.717) is 6.42 Å². The number of aryl methyl sites for hydroxylation is 1. The number of rotatable bonds is 1. The largest absolute Gasteiger partial charge is 0.457 e. The summed E-state index contributed by atoms with van der Waals surface area (Å²) in [5, 5.41) is 0. The van der Waals surface area contributed by atoms with Crippen LogP contribution >= 0.6 is 0 Å². The zero-order valence-electron chi connectivity index (χ0n) is 8.32. The maximum Gasteiger partial charge on any atom is 0.306 e. The molecule has 0 aromatic heterocycles. The molecule has 1 aliphatic heterocycles. The third-order valence-electron chi connectivity index (χ3n) is 2.53. The van der Waals surface area contributed by atoms with Crippen molar-refractivity contribution in [2.45, 2.75) is 32.3 Å². The Bertz CT molecular complexity index is 344. The minimum Gasteiger partial charge on any atom is -0.457 e. The van der Waals surface area contributed by atoms with E-state index in [4.69, 9.17) is 4.74 Å². The molecular weight excluding hydrogens is 176 g/mol. The van der Waals surface area contributed by atoms with Gasteiger partial charge in [0.25, 0.3) is 0 Å². The van der Waals surface area contributed by atoms with Crippen molar-refractivity contribution in [1.29, 1.82) is 0 Å². The van der Waals surface area contributed by atoms with Crippen LogP contribution in [0.1, 0.15) is 36.5 Å². The van der Waals surface area contributed by atoms with Gasteiger partial charge in [-0.2, -0.15) is 0 Å². The zero-order valence-corrected chi connectivity index (χ0v) is 8.32. The van der Waals surface area contributed by atoms with Gasteiger partial charge in [0.05, 0.1) is 0 Å². The van der Waals surface area contributed by atoms with Crippen LogP contribution in [0.2, 0.25) is 0 Å². The second-order valence-electron chi connectivity index (χ2n) is 3.78. The summed E-state index contributed by atoms with van der Waals surface area (Å²) in [5.41, 5.74) is 2.34. The number of ether oxygens (including phenoxy) is 1. The molecule has 1 fully saturated rings. The van der Waals surface area contributed by atoms with E-state index in [2.05, 4.69) is 6.07 Å². The molecule has 1 aromatic carbocycles. The molecule has 0 radical (unpaired) electrons. The normalized spacial score (nSPS) is 21.8. The first kappa shape index (κ1) is 9.25. The molecule has 1 saturated heterocycles. The first-order valence-electron chi connectivity index (χ1n) is 5.02. The first-order valence-corrected chi connectivity index (χ1v) is 5.02. The Hall–Kier alpha value is -1.31. The summed E-state index contributed by atoms with van der Waals surface area (Å²) in [4.78, 5) is 11.1. The second kappa shape index (κ2) is 3.82. The lowest BCUT2D eigenvalue weighted by atomic mass is 10.00. The number of carbonyl (C=O) groups is 1. The predicted molar refractivity (Wildman–Crippen MR) is 53.9 cm³/mol. The van der Waals surface area contributed by atoms with E-state index in [0.717, 1.165) is 18.4 Å². The molecule has 0 aliphatic carbocycles. The van der Waals surface area contributed by atoms with Crippen LogP contribution in [0, 0.1) is 6.92 Å². The molecule has 74 valence electrons. The topological polar surface area (TPSA) is 26.3 Å². The van der Waals surface area contributed by atoms with Crippen LogP contribution in [0.5, 0.6) is 0 Å². The highest BCUT2D eigenvalue weighted by atomic mass is 16.5. The smallest absolute Gasteiger partial charge is 0.306 e. The Morgan fingerprint density at radius 3 is 3.00 bits per heavy atom. The van der Waals surface area contributed by atoms with Crippen molar-refractivity contribution < 1.29 is 9.53 Å². The summed E-state index contributed by atoms with van der Waals surface area (Å²) in [6.07, 6.45) is 2.45. The lowest BCUT2D eigenvalue weighted by molar-refractivity contribution is -0.154. The molecule has 0 bridgehead atoms. The van der Waals surface area contributed by atoms with Crippen molar-refractivity contribution in [3.63, 3.8) is 0 Å². The molecule has 14 heavy (non-hydrogen) atoms. The van der Waals surface area contributed by atoms with E-state index in [9.17, 15) is 4.79 Å². The molecule has 0 unspecified atom stereocenters. The van der Waals surface area contributed by atoms with E-state index < -0.39 is 0 Å². The molecule has 1 heterocycles. The number of cyclic esters (lactones) is 1. The van der Waals surface area contributed by atoms with Gasteiger partial charge in [0.2, 0.25) is 0 Å². The van der Waals surface area contributed by atoms with Crippen LogP contribution in [0.15, 0.2) is 24.3 Å².